The molecule has 92 valence electrons. The van der Waals surface area contributed by atoms with Crippen LogP contribution in [0.5, 0.6) is 0 Å². The SMILES string of the molecule is Cn1cc(NC(=O)c2ncccc2C(=O)O)cn1. The van der Waals surface area contributed by atoms with Crippen LogP contribution in [0.2, 0.25) is 0 Å². The summed E-state index contributed by atoms with van der Waals surface area (Å²) in [5, 5.41) is 15.4. The Bertz CT molecular complexity index is 606. The number of nitrogens with zero attached hydrogens (tertiary/aromatic N) is 3. The molecule has 0 aliphatic rings. The summed E-state index contributed by atoms with van der Waals surface area (Å²) in [6.45, 7) is 0. The van der Waals surface area contributed by atoms with Crippen LogP contribution in [0.3, 0.4) is 0 Å². The van der Waals surface area contributed by atoms with E-state index in [2.05, 4.69) is 15.4 Å². The number of carboxylic acid groups (broad SMARTS) is 1. The fourth-order valence-electron chi connectivity index (χ4n) is 1.43. The second-order valence-electron chi connectivity index (χ2n) is 3.56. The average Bonchev–Trinajstić information content (AvgIpc) is 2.74. The van der Waals surface area contributed by atoms with Crippen molar-refractivity contribution in [3.8, 4) is 0 Å². The maximum atomic E-state index is 11.9. The molecule has 18 heavy (non-hydrogen) atoms. The molecule has 0 atom stereocenters. The summed E-state index contributed by atoms with van der Waals surface area (Å²) >= 11 is 0. The summed E-state index contributed by atoms with van der Waals surface area (Å²) < 4.78 is 1.52. The largest absolute Gasteiger partial charge is 0.478 e. The zero-order chi connectivity index (χ0) is 13.1. The van der Waals surface area contributed by atoms with E-state index in [-0.39, 0.29) is 11.3 Å². The van der Waals surface area contributed by atoms with E-state index < -0.39 is 11.9 Å². The van der Waals surface area contributed by atoms with Gasteiger partial charge in [0.05, 0.1) is 17.4 Å². The molecule has 0 fully saturated rings. The maximum Gasteiger partial charge on any atom is 0.338 e. The summed E-state index contributed by atoms with van der Waals surface area (Å²) in [7, 11) is 1.71. The summed E-state index contributed by atoms with van der Waals surface area (Å²) in [5.74, 6) is -1.78. The first-order valence-electron chi connectivity index (χ1n) is 5.06. The molecule has 0 unspecified atom stereocenters. The van der Waals surface area contributed by atoms with Crippen molar-refractivity contribution in [1.82, 2.24) is 14.8 Å². The Hall–Kier alpha value is -2.70. The van der Waals surface area contributed by atoms with Crippen molar-refractivity contribution < 1.29 is 14.7 Å². The predicted octanol–water partition coefficient (Wildman–Crippen LogP) is 0.766. The van der Waals surface area contributed by atoms with Gasteiger partial charge in [-0.25, -0.2) is 4.79 Å². The van der Waals surface area contributed by atoms with Gasteiger partial charge in [0.15, 0.2) is 0 Å². The second-order valence-corrected chi connectivity index (χ2v) is 3.56. The number of hydrogen-bond donors (Lipinski definition) is 2. The maximum absolute atomic E-state index is 11.9. The molecule has 2 N–H and O–H groups in total. The topological polar surface area (TPSA) is 97.1 Å². The Kier molecular flexibility index (Phi) is 3.05. The highest BCUT2D eigenvalue weighted by molar-refractivity contribution is 6.09. The summed E-state index contributed by atoms with van der Waals surface area (Å²) in [6, 6.07) is 2.79. The first kappa shape index (κ1) is 11.8. The Labute approximate surface area is 102 Å². The van der Waals surface area contributed by atoms with Crippen LogP contribution in [-0.4, -0.2) is 31.7 Å². The molecular formula is C11H10N4O3. The molecule has 2 heterocycles. The molecule has 2 rings (SSSR count). The van der Waals surface area contributed by atoms with Gasteiger partial charge in [-0.2, -0.15) is 5.10 Å². The molecule has 7 heteroatoms. The van der Waals surface area contributed by atoms with Gasteiger partial charge < -0.3 is 10.4 Å². The minimum atomic E-state index is -1.19. The third kappa shape index (κ3) is 2.34. The highest BCUT2D eigenvalue weighted by Gasteiger charge is 2.17. The van der Waals surface area contributed by atoms with Crippen molar-refractivity contribution in [2.24, 2.45) is 7.05 Å². The molecule has 0 radical (unpaired) electrons. The Morgan fingerprint density at radius 2 is 2.22 bits per heavy atom. The van der Waals surface area contributed by atoms with Crippen molar-refractivity contribution in [2.75, 3.05) is 5.32 Å². The normalized spacial score (nSPS) is 10.1. The quantitative estimate of drug-likeness (QED) is 0.833. The van der Waals surface area contributed by atoms with Gasteiger partial charge >= 0.3 is 5.97 Å². The number of nitrogens with one attached hydrogen (secondary N) is 1. The van der Waals surface area contributed by atoms with Crippen molar-refractivity contribution in [2.45, 2.75) is 0 Å². The lowest BCUT2D eigenvalue weighted by molar-refractivity contribution is 0.0691. The first-order valence-corrected chi connectivity index (χ1v) is 5.06. The lowest BCUT2D eigenvalue weighted by atomic mass is 10.2. The van der Waals surface area contributed by atoms with E-state index in [1.54, 1.807) is 13.2 Å². The summed E-state index contributed by atoms with van der Waals surface area (Å²) in [4.78, 5) is 26.6. The number of aromatic carboxylic acids is 1. The highest BCUT2D eigenvalue weighted by Crippen LogP contribution is 2.10. The van der Waals surface area contributed by atoms with Gasteiger partial charge in [0.2, 0.25) is 0 Å². The van der Waals surface area contributed by atoms with E-state index in [4.69, 9.17) is 5.11 Å². The Morgan fingerprint density at radius 1 is 1.44 bits per heavy atom. The number of amides is 1. The van der Waals surface area contributed by atoms with Gasteiger partial charge in [-0.1, -0.05) is 0 Å². The van der Waals surface area contributed by atoms with E-state index in [0.29, 0.717) is 5.69 Å². The number of anilines is 1. The monoisotopic (exact) mass is 246 g/mol. The molecular weight excluding hydrogens is 236 g/mol. The first-order chi connectivity index (χ1) is 8.58. The number of carbonyl (C=O) groups excluding carboxylic acids is 1. The number of carboxylic acids is 1. The van der Waals surface area contributed by atoms with E-state index in [0.717, 1.165) is 0 Å². The molecule has 0 spiro atoms. The Morgan fingerprint density at radius 3 is 2.83 bits per heavy atom. The standard InChI is InChI=1S/C11H10N4O3/c1-15-6-7(5-13-15)14-10(16)9-8(11(17)18)3-2-4-12-9/h2-6H,1H3,(H,14,16)(H,17,18). The van der Waals surface area contributed by atoms with Gasteiger partial charge in [0, 0.05) is 19.4 Å². The third-order valence-electron chi connectivity index (χ3n) is 2.22. The van der Waals surface area contributed by atoms with Crippen LogP contribution in [-0.2, 0) is 7.05 Å². The molecule has 0 aromatic carbocycles. The van der Waals surface area contributed by atoms with Crippen molar-refractivity contribution >= 4 is 17.6 Å². The molecule has 7 nitrogen and oxygen atoms in total. The van der Waals surface area contributed by atoms with Gasteiger partial charge in [-0.15, -0.1) is 0 Å². The predicted molar refractivity (Wildman–Crippen MR) is 62.4 cm³/mol. The summed E-state index contributed by atoms with van der Waals surface area (Å²) in [6.07, 6.45) is 4.42. The van der Waals surface area contributed by atoms with E-state index in [1.165, 1.54) is 29.2 Å². The number of carbonyl (C=O) groups is 2. The lowest BCUT2D eigenvalue weighted by Gasteiger charge is -2.04. The zero-order valence-electron chi connectivity index (χ0n) is 9.49. The van der Waals surface area contributed by atoms with Crippen molar-refractivity contribution in [3.05, 3.63) is 42.0 Å². The van der Waals surface area contributed by atoms with Crippen molar-refractivity contribution in [1.29, 1.82) is 0 Å². The van der Waals surface area contributed by atoms with E-state index >= 15 is 0 Å². The second kappa shape index (κ2) is 4.66. The van der Waals surface area contributed by atoms with Crippen LogP contribution in [0.15, 0.2) is 30.7 Å². The number of rotatable bonds is 3. The van der Waals surface area contributed by atoms with Crippen LogP contribution < -0.4 is 5.32 Å². The van der Waals surface area contributed by atoms with Crippen LogP contribution in [0.4, 0.5) is 5.69 Å². The van der Waals surface area contributed by atoms with Gasteiger partial charge in [0.25, 0.3) is 5.91 Å². The zero-order valence-corrected chi connectivity index (χ0v) is 9.49. The molecule has 1 amide bonds. The molecule has 0 aliphatic carbocycles. The average molecular weight is 246 g/mol. The van der Waals surface area contributed by atoms with Crippen molar-refractivity contribution in [3.63, 3.8) is 0 Å². The summed E-state index contributed by atoms with van der Waals surface area (Å²) in [5.41, 5.74) is 0.206. The molecule has 0 saturated heterocycles. The van der Waals surface area contributed by atoms with E-state index in [9.17, 15) is 9.59 Å². The molecule has 2 aromatic heterocycles. The van der Waals surface area contributed by atoms with Gasteiger partial charge in [-0.3, -0.25) is 14.5 Å². The minimum Gasteiger partial charge on any atom is -0.478 e. The number of aromatic nitrogens is 3. The Balaban J connectivity index is 2.26. The van der Waals surface area contributed by atoms with Gasteiger partial charge in [0.1, 0.15) is 5.69 Å². The third-order valence-corrected chi connectivity index (χ3v) is 2.22. The fraction of sp³-hybridized carbons (Fsp3) is 0.0909. The highest BCUT2D eigenvalue weighted by atomic mass is 16.4. The fourth-order valence-corrected chi connectivity index (χ4v) is 1.43. The molecule has 0 aliphatic heterocycles. The lowest BCUT2D eigenvalue weighted by Crippen LogP contribution is -2.17. The van der Waals surface area contributed by atoms with Crippen LogP contribution >= 0.6 is 0 Å². The molecule has 0 bridgehead atoms. The molecule has 0 saturated carbocycles. The smallest absolute Gasteiger partial charge is 0.338 e. The number of hydrogen-bond acceptors (Lipinski definition) is 4. The van der Waals surface area contributed by atoms with Crippen LogP contribution in [0.1, 0.15) is 20.8 Å². The minimum absolute atomic E-state index is 0.131. The number of aryl methyl sites for hydroxylation is 1. The van der Waals surface area contributed by atoms with E-state index in [1.807, 2.05) is 0 Å². The van der Waals surface area contributed by atoms with Crippen LogP contribution in [0.25, 0.3) is 0 Å². The molecule has 2 aromatic rings. The number of pyridine rings is 1. The van der Waals surface area contributed by atoms with Crippen LogP contribution in [0, 0.1) is 0 Å². The van der Waals surface area contributed by atoms with Gasteiger partial charge in [-0.05, 0) is 12.1 Å².